The minimum Gasteiger partial charge on any atom is -0.493 e. The molecule has 2 heterocycles. The molecule has 136 valence electrons. The monoisotopic (exact) mass is 373 g/mol. The third-order valence-electron chi connectivity index (χ3n) is 3.86. The molecule has 0 aliphatic rings. The number of nitrogens with one attached hydrogen (secondary N) is 1. The van der Waals surface area contributed by atoms with Crippen LogP contribution < -0.4 is 14.2 Å². The van der Waals surface area contributed by atoms with E-state index in [0.717, 1.165) is 11.3 Å². The van der Waals surface area contributed by atoms with Gasteiger partial charge in [0, 0.05) is 18.8 Å². The van der Waals surface area contributed by atoms with E-state index < -0.39 is 0 Å². The summed E-state index contributed by atoms with van der Waals surface area (Å²) in [5.41, 5.74) is 1.65. The van der Waals surface area contributed by atoms with Crippen molar-refractivity contribution in [1.29, 1.82) is 0 Å². The third kappa shape index (κ3) is 3.21. The Morgan fingerprint density at radius 3 is 2.38 bits per heavy atom. The number of methoxy groups -OCH3 is 3. The van der Waals surface area contributed by atoms with Gasteiger partial charge < -0.3 is 18.8 Å². The Kier molecular flexibility index (Phi) is 5.08. The van der Waals surface area contributed by atoms with Gasteiger partial charge in [0.05, 0.1) is 33.2 Å². The fourth-order valence-corrected chi connectivity index (χ4v) is 2.70. The molecule has 0 fully saturated rings. The van der Waals surface area contributed by atoms with Gasteiger partial charge in [0.2, 0.25) is 10.5 Å². The van der Waals surface area contributed by atoms with Gasteiger partial charge in [-0.15, -0.1) is 0 Å². The second-order valence-electron chi connectivity index (χ2n) is 5.37. The van der Waals surface area contributed by atoms with E-state index in [1.165, 1.54) is 0 Å². The Morgan fingerprint density at radius 1 is 1.15 bits per heavy atom. The molecular weight excluding hydrogens is 354 g/mol. The van der Waals surface area contributed by atoms with Gasteiger partial charge in [0.1, 0.15) is 0 Å². The largest absolute Gasteiger partial charge is 0.493 e. The molecule has 3 rings (SSSR count). The topological polar surface area (TPSA) is 78.6 Å². The standard InChI is InChI=1S/C17H19N5O3S/c1-21-7-5-6-12(21)10-18-22-16(19-20-17(22)26)11-8-13(23-2)15(25-4)14(9-11)24-3/h5-10H,1-4H3,(H,20,26)/b18-10-. The molecule has 26 heavy (non-hydrogen) atoms. The molecule has 0 atom stereocenters. The van der Waals surface area contributed by atoms with E-state index in [0.29, 0.717) is 27.8 Å². The summed E-state index contributed by atoms with van der Waals surface area (Å²) in [6.45, 7) is 0. The van der Waals surface area contributed by atoms with Crippen molar-refractivity contribution < 1.29 is 14.2 Å². The number of nitrogens with zero attached hydrogens (tertiary/aromatic N) is 4. The number of aromatic amines is 1. The molecule has 8 nitrogen and oxygen atoms in total. The molecule has 3 aromatic rings. The summed E-state index contributed by atoms with van der Waals surface area (Å²) in [6, 6.07) is 7.48. The Morgan fingerprint density at radius 2 is 1.85 bits per heavy atom. The molecule has 1 N–H and O–H groups in total. The molecule has 0 spiro atoms. The highest BCUT2D eigenvalue weighted by molar-refractivity contribution is 7.71. The summed E-state index contributed by atoms with van der Waals surface area (Å²) in [5, 5.41) is 11.5. The Labute approximate surface area is 155 Å². The van der Waals surface area contributed by atoms with Crippen LogP contribution >= 0.6 is 12.2 Å². The van der Waals surface area contributed by atoms with Gasteiger partial charge in [-0.3, -0.25) is 0 Å². The van der Waals surface area contributed by atoms with Gasteiger partial charge in [0.15, 0.2) is 17.3 Å². The summed E-state index contributed by atoms with van der Waals surface area (Å²) in [7, 11) is 6.62. The zero-order valence-electron chi connectivity index (χ0n) is 14.9. The molecule has 0 radical (unpaired) electrons. The third-order valence-corrected chi connectivity index (χ3v) is 4.13. The first kappa shape index (κ1) is 17.7. The maximum Gasteiger partial charge on any atom is 0.216 e. The number of aromatic nitrogens is 4. The maximum atomic E-state index is 5.40. The molecule has 0 unspecified atom stereocenters. The number of ether oxygens (including phenoxy) is 3. The van der Waals surface area contributed by atoms with Crippen LogP contribution in [0.1, 0.15) is 5.69 Å². The van der Waals surface area contributed by atoms with Crippen molar-refractivity contribution in [3.63, 3.8) is 0 Å². The SMILES string of the molecule is COc1cc(-c2n[nH]c(=S)n2/N=C\c2cccn2C)cc(OC)c1OC. The molecule has 0 saturated carbocycles. The quantitative estimate of drug-likeness (QED) is 0.531. The zero-order chi connectivity index (χ0) is 18.7. The highest BCUT2D eigenvalue weighted by atomic mass is 32.1. The van der Waals surface area contributed by atoms with E-state index in [-0.39, 0.29) is 0 Å². The van der Waals surface area contributed by atoms with Crippen molar-refractivity contribution in [3.8, 4) is 28.6 Å². The maximum absolute atomic E-state index is 5.40. The fourth-order valence-electron chi connectivity index (χ4n) is 2.52. The molecular formula is C17H19N5O3S. The number of rotatable bonds is 6. The van der Waals surface area contributed by atoms with E-state index in [2.05, 4.69) is 15.3 Å². The van der Waals surface area contributed by atoms with E-state index in [1.54, 1.807) is 44.4 Å². The Hall–Kier alpha value is -3.07. The van der Waals surface area contributed by atoms with E-state index in [9.17, 15) is 0 Å². The number of hydrogen-bond donors (Lipinski definition) is 1. The van der Waals surface area contributed by atoms with Crippen molar-refractivity contribution in [2.45, 2.75) is 0 Å². The average Bonchev–Trinajstić information content (AvgIpc) is 3.23. The predicted octanol–water partition coefficient (Wildman–Crippen LogP) is 2.85. The van der Waals surface area contributed by atoms with Crippen LogP contribution in [-0.2, 0) is 7.05 Å². The van der Waals surface area contributed by atoms with Gasteiger partial charge in [-0.25, -0.2) is 5.10 Å². The van der Waals surface area contributed by atoms with Crippen LogP contribution in [0.25, 0.3) is 11.4 Å². The lowest BCUT2D eigenvalue weighted by molar-refractivity contribution is 0.324. The molecule has 9 heteroatoms. The van der Waals surface area contributed by atoms with Gasteiger partial charge in [-0.1, -0.05) is 0 Å². The zero-order valence-corrected chi connectivity index (χ0v) is 15.7. The van der Waals surface area contributed by atoms with Gasteiger partial charge in [-0.05, 0) is 36.5 Å². The molecule has 0 aliphatic carbocycles. The first-order chi connectivity index (χ1) is 12.6. The van der Waals surface area contributed by atoms with Crippen LogP contribution in [0, 0.1) is 4.77 Å². The van der Waals surface area contributed by atoms with Crippen molar-refractivity contribution >= 4 is 18.4 Å². The highest BCUT2D eigenvalue weighted by Crippen LogP contribution is 2.40. The highest BCUT2D eigenvalue weighted by Gasteiger charge is 2.17. The molecule has 1 aromatic carbocycles. The lowest BCUT2D eigenvalue weighted by atomic mass is 10.1. The van der Waals surface area contributed by atoms with Crippen molar-refractivity contribution in [3.05, 3.63) is 40.9 Å². The lowest BCUT2D eigenvalue weighted by Gasteiger charge is -2.13. The predicted molar refractivity (Wildman–Crippen MR) is 101 cm³/mol. The fraction of sp³-hybridized carbons (Fsp3) is 0.235. The van der Waals surface area contributed by atoms with Crippen LogP contribution in [0.2, 0.25) is 0 Å². The summed E-state index contributed by atoms with van der Waals surface area (Å²) in [6.07, 6.45) is 3.66. The van der Waals surface area contributed by atoms with Crippen LogP contribution in [-0.4, -0.2) is 47.0 Å². The number of hydrogen-bond acceptors (Lipinski definition) is 6. The number of aryl methyl sites for hydroxylation is 1. The molecule has 0 aliphatic heterocycles. The summed E-state index contributed by atoms with van der Waals surface area (Å²) in [4.78, 5) is 0. The van der Waals surface area contributed by atoms with Crippen LogP contribution in [0.3, 0.4) is 0 Å². The summed E-state index contributed by atoms with van der Waals surface area (Å²) >= 11 is 5.31. The first-order valence-electron chi connectivity index (χ1n) is 7.72. The Balaban J connectivity index is 2.10. The molecule has 2 aromatic heterocycles. The van der Waals surface area contributed by atoms with Crippen molar-refractivity contribution in [1.82, 2.24) is 19.4 Å². The van der Waals surface area contributed by atoms with E-state index in [4.69, 9.17) is 26.4 Å². The second-order valence-corrected chi connectivity index (χ2v) is 5.75. The average molecular weight is 373 g/mol. The molecule has 0 bridgehead atoms. The normalized spacial score (nSPS) is 11.1. The lowest BCUT2D eigenvalue weighted by Crippen LogP contribution is -2.00. The smallest absolute Gasteiger partial charge is 0.216 e. The molecule has 0 amide bonds. The second kappa shape index (κ2) is 7.44. The van der Waals surface area contributed by atoms with Crippen LogP contribution in [0.4, 0.5) is 0 Å². The van der Waals surface area contributed by atoms with Gasteiger partial charge >= 0.3 is 0 Å². The van der Waals surface area contributed by atoms with Crippen molar-refractivity contribution in [2.24, 2.45) is 12.1 Å². The van der Waals surface area contributed by atoms with Gasteiger partial charge in [0.25, 0.3) is 0 Å². The Bertz CT molecular complexity index is 977. The van der Waals surface area contributed by atoms with Gasteiger partial charge in [-0.2, -0.15) is 14.9 Å². The molecule has 0 saturated heterocycles. The van der Waals surface area contributed by atoms with Crippen molar-refractivity contribution in [2.75, 3.05) is 21.3 Å². The minimum atomic E-state index is 0.374. The minimum absolute atomic E-state index is 0.374. The number of benzene rings is 1. The summed E-state index contributed by atoms with van der Waals surface area (Å²) < 4.78 is 20.0. The number of H-pyrrole nitrogens is 1. The first-order valence-corrected chi connectivity index (χ1v) is 8.13. The van der Waals surface area contributed by atoms with Crippen LogP contribution in [0.15, 0.2) is 35.6 Å². The van der Waals surface area contributed by atoms with E-state index >= 15 is 0 Å². The van der Waals surface area contributed by atoms with E-state index in [1.807, 2.05) is 29.9 Å². The van der Waals surface area contributed by atoms with Crippen LogP contribution in [0.5, 0.6) is 17.2 Å². The summed E-state index contributed by atoms with van der Waals surface area (Å²) in [5.74, 6) is 2.08.